The van der Waals surface area contributed by atoms with Crippen LogP contribution in [0.1, 0.15) is 30.6 Å². The number of benzene rings is 1. The summed E-state index contributed by atoms with van der Waals surface area (Å²) in [4.78, 5) is 47.6. The second-order valence-corrected chi connectivity index (χ2v) is 5.16. The first-order valence-electron chi connectivity index (χ1n) is 7.91. The van der Waals surface area contributed by atoms with Crippen LogP contribution >= 0.6 is 0 Å². The van der Waals surface area contributed by atoms with Gasteiger partial charge in [-0.05, 0) is 38.1 Å². The van der Waals surface area contributed by atoms with E-state index in [1.165, 1.54) is 6.92 Å². The molecule has 1 aromatic rings. The van der Waals surface area contributed by atoms with Crippen molar-refractivity contribution in [2.24, 2.45) is 5.92 Å². The molecule has 1 amide bonds. The lowest BCUT2D eigenvalue weighted by Gasteiger charge is -2.22. The maximum absolute atomic E-state index is 12.9. The van der Waals surface area contributed by atoms with E-state index in [0.29, 0.717) is 0 Å². The topological polar surface area (TPSA) is 119 Å². The Balaban J connectivity index is 3.03. The molecule has 0 radical (unpaired) electrons. The molecule has 142 valence electrons. The third-order valence-electron chi connectivity index (χ3n) is 3.34. The van der Waals surface area contributed by atoms with Crippen molar-refractivity contribution in [1.29, 1.82) is 0 Å². The SMILES string of the molecule is CCOC(=O)C[C@H](C(=O)OCC)[C@@H](NC(=O)c1ccc(F)cc1)C(=O)O. The van der Waals surface area contributed by atoms with Crippen LogP contribution in [-0.4, -0.2) is 48.2 Å². The minimum Gasteiger partial charge on any atom is -0.480 e. The normalized spacial score (nSPS) is 12.6. The van der Waals surface area contributed by atoms with E-state index in [0.717, 1.165) is 24.3 Å². The third kappa shape index (κ3) is 6.15. The second kappa shape index (κ2) is 10.1. The van der Waals surface area contributed by atoms with Crippen LogP contribution in [-0.2, 0) is 23.9 Å². The van der Waals surface area contributed by atoms with E-state index in [-0.39, 0.29) is 18.8 Å². The summed E-state index contributed by atoms with van der Waals surface area (Å²) < 4.78 is 22.5. The van der Waals surface area contributed by atoms with Crippen molar-refractivity contribution >= 4 is 23.8 Å². The molecule has 1 aromatic carbocycles. The summed E-state index contributed by atoms with van der Waals surface area (Å²) in [6, 6.07) is 2.66. The Hall–Kier alpha value is -2.97. The van der Waals surface area contributed by atoms with Crippen LogP contribution in [0.15, 0.2) is 24.3 Å². The lowest BCUT2D eigenvalue weighted by molar-refractivity contribution is -0.159. The van der Waals surface area contributed by atoms with Gasteiger partial charge < -0.3 is 19.9 Å². The summed E-state index contributed by atoms with van der Waals surface area (Å²) in [7, 11) is 0. The van der Waals surface area contributed by atoms with Gasteiger partial charge >= 0.3 is 17.9 Å². The molecule has 0 aliphatic rings. The summed E-state index contributed by atoms with van der Waals surface area (Å²) in [6.45, 7) is 3.10. The molecule has 1 rings (SSSR count). The van der Waals surface area contributed by atoms with E-state index in [2.05, 4.69) is 5.32 Å². The predicted molar refractivity (Wildman–Crippen MR) is 86.7 cm³/mol. The molecule has 9 heteroatoms. The predicted octanol–water partition coefficient (Wildman–Crippen LogP) is 1.14. The highest BCUT2D eigenvalue weighted by atomic mass is 19.1. The quantitative estimate of drug-likeness (QED) is 0.627. The zero-order valence-electron chi connectivity index (χ0n) is 14.4. The summed E-state index contributed by atoms with van der Waals surface area (Å²) in [5.74, 6) is -6.16. The van der Waals surface area contributed by atoms with E-state index in [1.807, 2.05) is 0 Å². The molecule has 0 fully saturated rings. The number of halogens is 1. The number of rotatable bonds is 9. The molecular weight excluding hydrogens is 349 g/mol. The summed E-state index contributed by atoms with van der Waals surface area (Å²) >= 11 is 0. The fraction of sp³-hybridized carbons (Fsp3) is 0.412. The Bertz CT molecular complexity index is 660. The van der Waals surface area contributed by atoms with Crippen LogP contribution in [0, 0.1) is 11.7 Å². The molecule has 8 nitrogen and oxygen atoms in total. The van der Waals surface area contributed by atoms with Crippen LogP contribution in [0.3, 0.4) is 0 Å². The van der Waals surface area contributed by atoms with Crippen molar-refractivity contribution in [3.63, 3.8) is 0 Å². The number of amides is 1. The molecular formula is C17H20FNO7. The van der Waals surface area contributed by atoms with Gasteiger partial charge in [0.2, 0.25) is 0 Å². The molecule has 0 aliphatic carbocycles. The van der Waals surface area contributed by atoms with Gasteiger partial charge in [0.25, 0.3) is 5.91 Å². The fourth-order valence-electron chi connectivity index (χ4n) is 2.15. The number of aliphatic carboxylic acids is 1. The van der Waals surface area contributed by atoms with Crippen LogP contribution in [0.25, 0.3) is 0 Å². The number of carboxylic acid groups (broad SMARTS) is 1. The molecule has 0 saturated carbocycles. The summed E-state index contributed by atoms with van der Waals surface area (Å²) in [5.41, 5.74) is -0.00334. The third-order valence-corrected chi connectivity index (χ3v) is 3.34. The molecule has 2 atom stereocenters. The van der Waals surface area contributed by atoms with Gasteiger partial charge in [-0.25, -0.2) is 9.18 Å². The Labute approximate surface area is 149 Å². The fourth-order valence-corrected chi connectivity index (χ4v) is 2.15. The molecule has 0 bridgehead atoms. The molecule has 26 heavy (non-hydrogen) atoms. The summed E-state index contributed by atoms with van der Waals surface area (Å²) in [6.07, 6.45) is -0.576. The number of carbonyl (C=O) groups is 4. The average molecular weight is 369 g/mol. The van der Waals surface area contributed by atoms with Gasteiger partial charge in [-0.2, -0.15) is 0 Å². The maximum Gasteiger partial charge on any atom is 0.327 e. The van der Waals surface area contributed by atoms with Crippen molar-refractivity contribution in [3.05, 3.63) is 35.6 Å². The second-order valence-electron chi connectivity index (χ2n) is 5.16. The highest BCUT2D eigenvalue weighted by molar-refractivity contribution is 5.98. The monoisotopic (exact) mass is 369 g/mol. The van der Waals surface area contributed by atoms with Gasteiger partial charge in [0.15, 0.2) is 0 Å². The van der Waals surface area contributed by atoms with Crippen LogP contribution in [0.2, 0.25) is 0 Å². The zero-order chi connectivity index (χ0) is 19.7. The molecule has 0 spiro atoms. The maximum atomic E-state index is 12.9. The number of ether oxygens (including phenoxy) is 2. The smallest absolute Gasteiger partial charge is 0.327 e. The van der Waals surface area contributed by atoms with E-state index < -0.39 is 48.0 Å². The van der Waals surface area contributed by atoms with Crippen molar-refractivity contribution in [1.82, 2.24) is 5.32 Å². The van der Waals surface area contributed by atoms with Crippen molar-refractivity contribution in [2.75, 3.05) is 13.2 Å². The molecule has 0 unspecified atom stereocenters. The van der Waals surface area contributed by atoms with Crippen molar-refractivity contribution in [3.8, 4) is 0 Å². The lowest BCUT2D eigenvalue weighted by Crippen LogP contribution is -2.49. The first-order chi connectivity index (χ1) is 12.3. The van der Waals surface area contributed by atoms with Crippen molar-refractivity contribution < 1.29 is 38.1 Å². The largest absolute Gasteiger partial charge is 0.480 e. The van der Waals surface area contributed by atoms with E-state index in [1.54, 1.807) is 6.92 Å². The van der Waals surface area contributed by atoms with Crippen LogP contribution in [0.4, 0.5) is 4.39 Å². The van der Waals surface area contributed by atoms with E-state index in [4.69, 9.17) is 9.47 Å². The molecule has 2 N–H and O–H groups in total. The molecule has 0 aliphatic heterocycles. The molecule has 0 saturated heterocycles. The van der Waals surface area contributed by atoms with Gasteiger partial charge in [-0.15, -0.1) is 0 Å². The Morgan fingerprint density at radius 1 is 1.08 bits per heavy atom. The van der Waals surface area contributed by atoms with Gasteiger partial charge in [0.05, 0.1) is 25.6 Å². The number of hydrogen-bond acceptors (Lipinski definition) is 6. The summed E-state index contributed by atoms with van der Waals surface area (Å²) in [5, 5.41) is 11.6. The van der Waals surface area contributed by atoms with Gasteiger partial charge in [0.1, 0.15) is 11.9 Å². The minimum atomic E-state index is -1.73. The van der Waals surface area contributed by atoms with Gasteiger partial charge in [-0.3, -0.25) is 14.4 Å². The highest BCUT2D eigenvalue weighted by Crippen LogP contribution is 2.15. The number of hydrogen-bond donors (Lipinski definition) is 2. The standard InChI is InChI=1S/C17H20FNO7/c1-3-25-13(20)9-12(17(24)26-4-2)14(16(22)23)19-15(21)10-5-7-11(18)8-6-10/h5-8,12,14H,3-4,9H2,1-2H3,(H,19,21)(H,22,23)/t12-,14+/m0/s1. The number of esters is 2. The molecule has 0 aromatic heterocycles. The van der Waals surface area contributed by atoms with E-state index >= 15 is 0 Å². The van der Waals surface area contributed by atoms with Gasteiger partial charge in [-0.1, -0.05) is 0 Å². The lowest BCUT2D eigenvalue weighted by atomic mass is 9.95. The van der Waals surface area contributed by atoms with E-state index in [9.17, 15) is 28.7 Å². The minimum absolute atomic E-state index is 0.00334. The zero-order valence-corrected chi connectivity index (χ0v) is 14.4. The first kappa shape index (κ1) is 21.1. The number of carbonyl (C=O) groups excluding carboxylic acids is 3. The Kier molecular flexibility index (Phi) is 8.20. The van der Waals surface area contributed by atoms with Crippen LogP contribution in [0.5, 0.6) is 0 Å². The highest BCUT2D eigenvalue weighted by Gasteiger charge is 2.38. The Morgan fingerprint density at radius 3 is 2.15 bits per heavy atom. The molecule has 0 heterocycles. The average Bonchev–Trinajstić information content (AvgIpc) is 2.58. The first-order valence-corrected chi connectivity index (χ1v) is 7.91. The van der Waals surface area contributed by atoms with Gasteiger partial charge in [0, 0.05) is 5.56 Å². The van der Waals surface area contributed by atoms with Crippen molar-refractivity contribution in [2.45, 2.75) is 26.3 Å². The van der Waals surface area contributed by atoms with Crippen LogP contribution < -0.4 is 5.32 Å². The number of carboxylic acids is 1. The Morgan fingerprint density at radius 2 is 1.65 bits per heavy atom. The number of nitrogens with one attached hydrogen (secondary N) is 1.